The maximum atomic E-state index is 14.0. The maximum absolute atomic E-state index is 14.0. The summed E-state index contributed by atoms with van der Waals surface area (Å²) >= 11 is 0. The average molecular weight is 416 g/mol. The Balaban J connectivity index is 0.000000383. The molecule has 0 saturated heterocycles. The van der Waals surface area contributed by atoms with E-state index in [4.69, 9.17) is 10.5 Å². The van der Waals surface area contributed by atoms with E-state index in [1.165, 1.54) is 36.5 Å². The smallest absolute Gasteiger partial charge is 0.165 e. The molecule has 0 fully saturated rings. The van der Waals surface area contributed by atoms with E-state index in [1.54, 1.807) is 6.07 Å². The van der Waals surface area contributed by atoms with Crippen LogP contribution in [-0.2, 0) is 6.42 Å². The number of hydrogen-bond acceptors (Lipinski definition) is 2. The lowest BCUT2D eigenvalue weighted by atomic mass is 9.82. The molecule has 0 spiro atoms. The first-order valence-corrected chi connectivity index (χ1v) is 11.7. The summed E-state index contributed by atoms with van der Waals surface area (Å²) in [6.07, 6.45) is 6.98. The van der Waals surface area contributed by atoms with Crippen LogP contribution in [0.3, 0.4) is 0 Å². The van der Waals surface area contributed by atoms with Crippen LogP contribution in [0.5, 0.6) is 5.75 Å². The van der Waals surface area contributed by atoms with E-state index >= 15 is 0 Å². The number of halogens is 1. The number of nitrogens with two attached hydrogens (primary N) is 1. The quantitative estimate of drug-likeness (QED) is 0.523. The number of fused-ring (bicyclic) bond motifs is 1. The highest BCUT2D eigenvalue weighted by Gasteiger charge is 2.28. The zero-order valence-electron chi connectivity index (χ0n) is 19.9. The number of unbranched alkanes of at least 4 members (excludes halogenated alkanes) is 1. The molecule has 2 unspecified atom stereocenters. The van der Waals surface area contributed by atoms with E-state index in [9.17, 15) is 4.39 Å². The molecular weight excluding hydrogens is 373 g/mol. The van der Waals surface area contributed by atoms with Crippen molar-refractivity contribution in [3.63, 3.8) is 0 Å². The van der Waals surface area contributed by atoms with Gasteiger partial charge in [-0.15, -0.1) is 0 Å². The third-order valence-electron chi connectivity index (χ3n) is 5.54. The lowest BCUT2D eigenvalue weighted by Gasteiger charge is -2.31. The lowest BCUT2D eigenvalue weighted by Crippen LogP contribution is -2.23. The summed E-state index contributed by atoms with van der Waals surface area (Å²) in [5, 5.41) is 0. The molecule has 3 rings (SSSR count). The SMILES string of the molecule is CC.CCCCC(N)CC.Cc1ccc(O[C@H]2c3ccccc3CCC2C)c(F)c1. The van der Waals surface area contributed by atoms with Crippen molar-refractivity contribution in [3.8, 4) is 5.75 Å². The Morgan fingerprint density at radius 3 is 2.47 bits per heavy atom. The van der Waals surface area contributed by atoms with Crippen molar-refractivity contribution in [2.45, 2.75) is 92.2 Å². The molecule has 1 aliphatic carbocycles. The fourth-order valence-electron chi connectivity index (χ4n) is 3.57. The van der Waals surface area contributed by atoms with Gasteiger partial charge < -0.3 is 10.5 Å². The van der Waals surface area contributed by atoms with Crippen molar-refractivity contribution in [2.24, 2.45) is 11.7 Å². The highest BCUT2D eigenvalue weighted by atomic mass is 19.1. The van der Waals surface area contributed by atoms with Crippen LogP contribution in [0.25, 0.3) is 0 Å². The molecule has 0 aliphatic heterocycles. The summed E-state index contributed by atoms with van der Waals surface area (Å²) in [6.45, 7) is 12.4. The van der Waals surface area contributed by atoms with Crippen LogP contribution in [0.15, 0.2) is 42.5 Å². The van der Waals surface area contributed by atoms with Gasteiger partial charge >= 0.3 is 0 Å². The van der Waals surface area contributed by atoms with Gasteiger partial charge in [-0.3, -0.25) is 0 Å². The normalized spacial score (nSPS) is 18.1. The van der Waals surface area contributed by atoms with Gasteiger partial charge in [-0.2, -0.15) is 0 Å². The molecule has 0 amide bonds. The first-order valence-electron chi connectivity index (χ1n) is 11.7. The number of benzene rings is 2. The van der Waals surface area contributed by atoms with Crippen molar-refractivity contribution >= 4 is 0 Å². The Bertz CT molecular complexity index is 731. The summed E-state index contributed by atoms with van der Waals surface area (Å²) in [6, 6.07) is 13.9. The van der Waals surface area contributed by atoms with Crippen LogP contribution >= 0.6 is 0 Å². The number of ether oxygens (including phenoxy) is 1. The summed E-state index contributed by atoms with van der Waals surface area (Å²) in [4.78, 5) is 0. The van der Waals surface area contributed by atoms with Crippen LogP contribution in [0.2, 0.25) is 0 Å². The van der Waals surface area contributed by atoms with Crippen molar-refractivity contribution in [1.29, 1.82) is 0 Å². The van der Waals surface area contributed by atoms with E-state index in [-0.39, 0.29) is 11.9 Å². The van der Waals surface area contributed by atoms with Gasteiger partial charge in [0.15, 0.2) is 11.6 Å². The highest BCUT2D eigenvalue weighted by Crippen LogP contribution is 2.38. The minimum absolute atomic E-state index is 0.0582. The Morgan fingerprint density at radius 1 is 1.13 bits per heavy atom. The molecule has 0 heterocycles. The van der Waals surface area contributed by atoms with Crippen molar-refractivity contribution < 1.29 is 9.13 Å². The third-order valence-corrected chi connectivity index (χ3v) is 5.54. The van der Waals surface area contributed by atoms with Gasteiger partial charge in [-0.25, -0.2) is 4.39 Å². The van der Waals surface area contributed by atoms with Gasteiger partial charge in [0.25, 0.3) is 0 Å². The van der Waals surface area contributed by atoms with E-state index in [1.807, 2.05) is 32.9 Å². The summed E-state index contributed by atoms with van der Waals surface area (Å²) < 4.78 is 20.0. The lowest BCUT2D eigenvalue weighted by molar-refractivity contribution is 0.123. The molecule has 2 N–H and O–H groups in total. The van der Waals surface area contributed by atoms with Crippen LogP contribution in [0.4, 0.5) is 4.39 Å². The predicted molar refractivity (Wildman–Crippen MR) is 128 cm³/mol. The zero-order chi connectivity index (χ0) is 22.5. The minimum atomic E-state index is -0.278. The van der Waals surface area contributed by atoms with Crippen molar-refractivity contribution in [2.75, 3.05) is 0 Å². The molecule has 3 heteroatoms. The van der Waals surface area contributed by atoms with Gasteiger partial charge in [-0.1, -0.05) is 77.8 Å². The first-order chi connectivity index (χ1) is 14.5. The second-order valence-corrected chi connectivity index (χ2v) is 8.00. The second-order valence-electron chi connectivity index (χ2n) is 8.00. The van der Waals surface area contributed by atoms with Gasteiger partial charge in [-0.05, 0) is 67.3 Å². The predicted octanol–water partition coefficient (Wildman–Crippen LogP) is 7.78. The molecule has 2 aromatic carbocycles. The molecule has 0 bridgehead atoms. The Morgan fingerprint density at radius 2 is 1.83 bits per heavy atom. The molecule has 168 valence electrons. The highest BCUT2D eigenvalue weighted by molar-refractivity contribution is 5.34. The number of hydrogen-bond donors (Lipinski definition) is 1. The molecule has 3 atom stereocenters. The van der Waals surface area contributed by atoms with Crippen LogP contribution in [-0.4, -0.2) is 6.04 Å². The molecule has 0 radical (unpaired) electrons. The molecule has 0 saturated carbocycles. The number of aryl methyl sites for hydroxylation is 2. The van der Waals surface area contributed by atoms with E-state index in [2.05, 4.69) is 39.0 Å². The Kier molecular flexibility index (Phi) is 12.4. The molecule has 2 nitrogen and oxygen atoms in total. The number of rotatable bonds is 6. The van der Waals surface area contributed by atoms with Crippen LogP contribution in [0, 0.1) is 18.7 Å². The standard InChI is InChI=1S/C18H19FO.C7H17N.C2H6/c1-12-7-10-17(16(19)11-12)20-18-13(2)8-9-14-5-3-4-6-15(14)18;1-3-5-6-7(8)4-2;1-2/h3-7,10-11,13,18H,8-9H2,1-2H3;7H,3-6,8H2,1-2H3;1-2H3/t13?,18-;;/m1../s1. The summed E-state index contributed by atoms with van der Waals surface area (Å²) in [7, 11) is 0. The fraction of sp³-hybridized carbons (Fsp3) is 0.556. The largest absolute Gasteiger partial charge is 0.482 e. The first kappa shape index (κ1) is 26.2. The van der Waals surface area contributed by atoms with Crippen molar-refractivity contribution in [1.82, 2.24) is 0 Å². The van der Waals surface area contributed by atoms with Crippen LogP contribution in [0.1, 0.15) is 89.5 Å². The zero-order valence-corrected chi connectivity index (χ0v) is 19.9. The van der Waals surface area contributed by atoms with E-state index in [0.29, 0.717) is 17.7 Å². The molecule has 0 aromatic heterocycles. The van der Waals surface area contributed by atoms with Gasteiger partial charge in [0.05, 0.1) is 0 Å². The fourth-order valence-corrected chi connectivity index (χ4v) is 3.57. The molecule has 30 heavy (non-hydrogen) atoms. The summed E-state index contributed by atoms with van der Waals surface area (Å²) in [5.74, 6) is 0.468. The van der Waals surface area contributed by atoms with Gasteiger partial charge in [0, 0.05) is 6.04 Å². The third kappa shape index (κ3) is 8.10. The Labute approximate surface area is 184 Å². The maximum Gasteiger partial charge on any atom is 0.165 e. The molecule has 2 aromatic rings. The average Bonchev–Trinajstić information content (AvgIpc) is 2.77. The minimum Gasteiger partial charge on any atom is -0.482 e. The van der Waals surface area contributed by atoms with E-state index in [0.717, 1.165) is 24.8 Å². The summed E-state index contributed by atoms with van der Waals surface area (Å²) in [5.41, 5.74) is 9.09. The second kappa shape index (κ2) is 14.2. The van der Waals surface area contributed by atoms with Crippen molar-refractivity contribution in [3.05, 3.63) is 65.0 Å². The molecule has 1 aliphatic rings. The topological polar surface area (TPSA) is 35.2 Å². The monoisotopic (exact) mass is 415 g/mol. The molecular formula is C27H42FNO. The van der Waals surface area contributed by atoms with Crippen LogP contribution < -0.4 is 10.5 Å². The van der Waals surface area contributed by atoms with E-state index < -0.39 is 0 Å². The van der Waals surface area contributed by atoms with Gasteiger partial charge in [0.1, 0.15) is 6.10 Å². The Hall–Kier alpha value is -1.87. The van der Waals surface area contributed by atoms with Gasteiger partial charge in [0.2, 0.25) is 0 Å².